The largest absolute Gasteiger partial charge is 1.00 e. The third-order valence-corrected chi connectivity index (χ3v) is 2.97. The van der Waals surface area contributed by atoms with Crippen LogP contribution in [0.5, 0.6) is 0 Å². The number of rotatable bonds is 0. The van der Waals surface area contributed by atoms with Crippen LogP contribution in [-0.4, -0.2) is 4.98 Å². The van der Waals surface area contributed by atoms with Gasteiger partial charge in [0, 0.05) is 0 Å². The van der Waals surface area contributed by atoms with E-state index in [0.29, 0.717) is 0 Å². The fraction of sp³-hybridized carbons (Fsp3) is 0.200. The number of halogens is 2. The van der Waals surface area contributed by atoms with Gasteiger partial charge >= 0.3 is 83.5 Å². The number of hydrogen-bond donors (Lipinski definition) is 1. The summed E-state index contributed by atoms with van der Waals surface area (Å²) in [5, 5.41) is 1.38. The van der Waals surface area contributed by atoms with Gasteiger partial charge in [-0.2, -0.15) is 0 Å². The number of hydrogen-bond acceptors (Lipinski definition) is 0. The molecule has 0 fully saturated rings. The van der Waals surface area contributed by atoms with E-state index in [1.807, 2.05) is 0 Å². The molecule has 0 amide bonds. The summed E-state index contributed by atoms with van der Waals surface area (Å²) in [7, 11) is 0. The van der Waals surface area contributed by atoms with Gasteiger partial charge in [0.2, 0.25) is 0 Å². The van der Waals surface area contributed by atoms with Crippen LogP contribution in [0, 0.1) is 13.8 Å². The van der Waals surface area contributed by atoms with Crippen molar-refractivity contribution in [1.29, 1.82) is 0 Å². The SMILES string of the molecule is Cc1[nH]c2ccc[c]([Ti+2])c2c1C.[Cl-].[Cl-]. The van der Waals surface area contributed by atoms with Crippen LogP contribution in [-0.2, 0) is 20.4 Å². The summed E-state index contributed by atoms with van der Waals surface area (Å²) < 4.78 is 1.36. The van der Waals surface area contributed by atoms with Gasteiger partial charge in [0.25, 0.3) is 0 Å². The first kappa shape index (κ1) is 14.1. The summed E-state index contributed by atoms with van der Waals surface area (Å²) in [4.78, 5) is 3.37. The molecule has 0 saturated heterocycles. The van der Waals surface area contributed by atoms with Crippen LogP contribution in [0.25, 0.3) is 10.9 Å². The number of aryl methyl sites for hydroxylation is 2. The van der Waals surface area contributed by atoms with Gasteiger partial charge in [-0.1, -0.05) is 0 Å². The van der Waals surface area contributed by atoms with Gasteiger partial charge in [-0.05, 0) is 0 Å². The predicted molar refractivity (Wildman–Crippen MR) is 47.4 cm³/mol. The van der Waals surface area contributed by atoms with E-state index < -0.39 is 0 Å². The predicted octanol–water partition coefficient (Wildman–Crippen LogP) is -4.04. The Hall–Kier alpha value is 0.0543. The van der Waals surface area contributed by atoms with E-state index in [1.54, 1.807) is 0 Å². The third-order valence-electron chi connectivity index (χ3n) is 2.32. The maximum Gasteiger partial charge on any atom is -1.00 e. The third kappa shape index (κ3) is 2.17. The molecule has 1 N–H and O–H groups in total. The molecule has 1 aromatic carbocycles. The quantitative estimate of drug-likeness (QED) is 0.466. The molecule has 0 radical (unpaired) electrons. The summed E-state index contributed by atoms with van der Waals surface area (Å²) in [6, 6.07) is 6.37. The summed E-state index contributed by atoms with van der Waals surface area (Å²) in [5.41, 5.74) is 3.91. The van der Waals surface area contributed by atoms with Crippen LogP contribution in [0.1, 0.15) is 11.3 Å². The maximum atomic E-state index is 3.37. The van der Waals surface area contributed by atoms with Crippen LogP contribution in [0.15, 0.2) is 18.2 Å². The first-order valence-electron chi connectivity index (χ1n) is 3.99. The number of H-pyrrole nitrogens is 1. The minimum atomic E-state index is 0. The summed E-state index contributed by atoms with van der Waals surface area (Å²) >= 11 is 2.16. The van der Waals surface area contributed by atoms with Crippen molar-refractivity contribution in [2.24, 2.45) is 0 Å². The molecule has 2 aromatic rings. The molecule has 0 unspecified atom stereocenters. The molecule has 1 nitrogen and oxygen atoms in total. The zero-order valence-corrected chi connectivity index (χ0v) is 11.1. The van der Waals surface area contributed by atoms with Crippen LogP contribution in [0.3, 0.4) is 0 Å². The fourth-order valence-corrected chi connectivity index (χ4v) is 2.20. The van der Waals surface area contributed by atoms with E-state index in [4.69, 9.17) is 0 Å². The van der Waals surface area contributed by atoms with E-state index >= 15 is 0 Å². The standard InChI is InChI=1S/C10H10N.2ClH.Ti/c1-7-8(2)11-10-6-4-3-5-9(7)10;;;/h3-4,6,11H,1-2H3;2*1H;/q;;;+2/p-2. The van der Waals surface area contributed by atoms with E-state index in [2.05, 4.69) is 57.5 Å². The second kappa shape index (κ2) is 5.22. The molecule has 0 aliphatic carbocycles. The van der Waals surface area contributed by atoms with Gasteiger partial charge in [-0.15, -0.1) is 0 Å². The molecule has 0 aliphatic rings. The zero-order chi connectivity index (χ0) is 8.72. The Kier molecular flexibility index (Phi) is 5.24. The van der Waals surface area contributed by atoms with Gasteiger partial charge in [0.05, 0.1) is 0 Å². The monoisotopic (exact) mass is 262 g/mol. The Bertz CT molecular complexity index is 437. The summed E-state index contributed by atoms with van der Waals surface area (Å²) in [6.07, 6.45) is 0. The Morgan fingerprint density at radius 3 is 2.36 bits per heavy atom. The number of aromatic amines is 1. The summed E-state index contributed by atoms with van der Waals surface area (Å²) in [5.74, 6) is 0. The minimum Gasteiger partial charge on any atom is -1.00 e. The van der Waals surface area contributed by atoms with Crippen molar-refractivity contribution in [1.82, 2.24) is 4.98 Å². The molecule has 0 spiro atoms. The first-order valence-corrected chi connectivity index (χ1v) is 4.77. The number of fused-ring (bicyclic) bond motifs is 1. The second-order valence-electron chi connectivity index (χ2n) is 3.10. The van der Waals surface area contributed by atoms with Gasteiger partial charge < -0.3 is 24.8 Å². The van der Waals surface area contributed by atoms with Crippen molar-refractivity contribution in [3.63, 3.8) is 0 Å². The van der Waals surface area contributed by atoms with Gasteiger partial charge in [0.15, 0.2) is 0 Å². The Morgan fingerprint density at radius 1 is 1.14 bits per heavy atom. The average Bonchev–Trinajstić information content (AvgIpc) is 2.29. The van der Waals surface area contributed by atoms with Crippen LogP contribution >= 0.6 is 0 Å². The van der Waals surface area contributed by atoms with Crippen molar-refractivity contribution < 1.29 is 45.2 Å². The van der Waals surface area contributed by atoms with Gasteiger partial charge in [0.1, 0.15) is 0 Å². The van der Waals surface area contributed by atoms with E-state index in [1.165, 1.54) is 26.0 Å². The average molecular weight is 263 g/mol. The molecule has 0 atom stereocenters. The van der Waals surface area contributed by atoms with Crippen molar-refractivity contribution in [3.8, 4) is 0 Å². The van der Waals surface area contributed by atoms with Crippen LogP contribution < -0.4 is 28.7 Å². The fourth-order valence-electron chi connectivity index (χ4n) is 1.54. The minimum absolute atomic E-state index is 0. The van der Waals surface area contributed by atoms with Crippen molar-refractivity contribution in [2.45, 2.75) is 13.8 Å². The molecular formula is C10H10Cl2NTi. The number of benzene rings is 1. The van der Waals surface area contributed by atoms with Crippen molar-refractivity contribution >= 4 is 14.8 Å². The molecule has 1 heterocycles. The van der Waals surface area contributed by atoms with E-state index in [-0.39, 0.29) is 24.8 Å². The zero-order valence-electron chi connectivity index (χ0n) is 7.99. The maximum absolute atomic E-state index is 3.37. The molecular weight excluding hydrogens is 253 g/mol. The van der Waals surface area contributed by atoms with E-state index in [9.17, 15) is 0 Å². The molecule has 4 heteroatoms. The van der Waals surface area contributed by atoms with E-state index in [0.717, 1.165) is 0 Å². The Balaban J connectivity index is 0.000000845. The Labute approximate surface area is 108 Å². The molecule has 0 aliphatic heterocycles. The molecule has 1 aromatic heterocycles. The molecule has 73 valence electrons. The smallest absolute Gasteiger partial charge is 1.00 e. The van der Waals surface area contributed by atoms with Gasteiger partial charge in [-0.25, -0.2) is 0 Å². The molecule has 0 bridgehead atoms. The number of aromatic nitrogens is 1. The molecule has 0 saturated carbocycles. The first-order chi connectivity index (χ1) is 5.70. The summed E-state index contributed by atoms with van der Waals surface area (Å²) in [6.45, 7) is 4.29. The van der Waals surface area contributed by atoms with Gasteiger partial charge in [-0.3, -0.25) is 0 Å². The molecule has 14 heavy (non-hydrogen) atoms. The topological polar surface area (TPSA) is 15.8 Å². The van der Waals surface area contributed by atoms with Crippen molar-refractivity contribution in [3.05, 3.63) is 29.5 Å². The number of nitrogens with one attached hydrogen (secondary N) is 1. The van der Waals surface area contributed by atoms with Crippen molar-refractivity contribution in [2.75, 3.05) is 0 Å². The Morgan fingerprint density at radius 2 is 1.79 bits per heavy atom. The van der Waals surface area contributed by atoms with Crippen LogP contribution in [0.4, 0.5) is 0 Å². The normalized spacial score (nSPS) is 9.43. The molecule has 2 rings (SSSR count). The van der Waals surface area contributed by atoms with Crippen LogP contribution in [0.2, 0.25) is 0 Å². The second-order valence-corrected chi connectivity index (χ2v) is 3.94.